The second-order valence-electron chi connectivity index (χ2n) is 6.35. The van der Waals surface area contributed by atoms with Gasteiger partial charge in [0.15, 0.2) is 17.5 Å². The molecule has 2 aromatic carbocycles. The number of hydrogen-bond donors (Lipinski definition) is 2. The van der Waals surface area contributed by atoms with Gasteiger partial charge in [0, 0.05) is 18.7 Å². The molecule has 0 heterocycles. The Bertz CT molecular complexity index is 791. The van der Waals surface area contributed by atoms with Gasteiger partial charge in [0.2, 0.25) is 5.75 Å². The van der Waals surface area contributed by atoms with Crippen LogP contribution in [0.3, 0.4) is 0 Å². The smallest absolute Gasteiger partial charge is 0.203 e. The summed E-state index contributed by atoms with van der Waals surface area (Å²) in [7, 11) is 4.87. The van der Waals surface area contributed by atoms with E-state index >= 15 is 0 Å². The highest BCUT2D eigenvalue weighted by molar-refractivity contribution is 5.79. The van der Waals surface area contributed by atoms with Crippen LogP contribution in [-0.4, -0.2) is 40.4 Å². The molecule has 2 N–H and O–H groups in total. The minimum absolute atomic E-state index is 0.613. The van der Waals surface area contributed by atoms with Gasteiger partial charge in [-0.3, -0.25) is 0 Å². The number of nitrogens with one attached hydrogen (secondary N) is 2. The van der Waals surface area contributed by atoms with Gasteiger partial charge in [0.25, 0.3) is 0 Å². The standard InChI is InChI=1S/C22H31N3O3/c1-6-23-22(25-15-17-9-7-8-16(2)14-17)24-13-12-18-10-11-19(26-3)21(28-5)20(18)27-4/h7-11,14H,6,12-13,15H2,1-5H3,(H2,23,24,25). The first-order valence-electron chi connectivity index (χ1n) is 9.48. The molecule has 0 aliphatic carbocycles. The zero-order valence-corrected chi connectivity index (χ0v) is 17.5. The zero-order valence-electron chi connectivity index (χ0n) is 17.5. The number of guanidine groups is 1. The van der Waals surface area contributed by atoms with E-state index in [4.69, 9.17) is 14.2 Å². The highest BCUT2D eigenvalue weighted by atomic mass is 16.5. The summed E-state index contributed by atoms with van der Waals surface area (Å²) in [5.74, 6) is 2.76. The van der Waals surface area contributed by atoms with E-state index in [1.165, 1.54) is 11.1 Å². The average molecular weight is 386 g/mol. The molecule has 2 aromatic rings. The number of nitrogens with zero attached hydrogens (tertiary/aromatic N) is 1. The molecule has 6 heteroatoms. The predicted molar refractivity (Wildman–Crippen MR) is 114 cm³/mol. The summed E-state index contributed by atoms with van der Waals surface area (Å²) < 4.78 is 16.3. The molecule has 0 fully saturated rings. The number of aliphatic imine (C=N–C) groups is 1. The van der Waals surface area contributed by atoms with Gasteiger partial charge in [-0.15, -0.1) is 0 Å². The predicted octanol–water partition coefficient (Wildman–Crippen LogP) is 3.32. The van der Waals surface area contributed by atoms with Crippen molar-refractivity contribution in [3.05, 3.63) is 53.1 Å². The van der Waals surface area contributed by atoms with Gasteiger partial charge in [0.1, 0.15) is 0 Å². The van der Waals surface area contributed by atoms with E-state index in [0.717, 1.165) is 24.5 Å². The molecule has 0 bridgehead atoms. The van der Waals surface area contributed by atoms with Crippen molar-refractivity contribution >= 4 is 5.96 Å². The topological polar surface area (TPSA) is 64.1 Å². The summed E-state index contributed by atoms with van der Waals surface area (Å²) in [5, 5.41) is 6.67. The van der Waals surface area contributed by atoms with Crippen molar-refractivity contribution in [1.29, 1.82) is 0 Å². The lowest BCUT2D eigenvalue weighted by Gasteiger charge is -2.16. The third kappa shape index (κ3) is 5.81. The van der Waals surface area contributed by atoms with Crippen molar-refractivity contribution in [3.8, 4) is 17.2 Å². The maximum atomic E-state index is 5.55. The molecule has 0 unspecified atom stereocenters. The lowest BCUT2D eigenvalue weighted by atomic mass is 10.1. The van der Waals surface area contributed by atoms with E-state index in [9.17, 15) is 0 Å². The van der Waals surface area contributed by atoms with E-state index in [2.05, 4.69) is 53.7 Å². The maximum Gasteiger partial charge on any atom is 0.203 e. The molecule has 0 amide bonds. The Kier molecular flexibility index (Phi) is 8.46. The van der Waals surface area contributed by atoms with Crippen LogP contribution in [-0.2, 0) is 13.0 Å². The number of rotatable bonds is 9. The van der Waals surface area contributed by atoms with Gasteiger partial charge in [-0.05, 0) is 31.9 Å². The first-order valence-corrected chi connectivity index (χ1v) is 9.48. The van der Waals surface area contributed by atoms with Gasteiger partial charge in [-0.1, -0.05) is 35.9 Å². The fourth-order valence-electron chi connectivity index (χ4n) is 3.00. The average Bonchev–Trinajstić information content (AvgIpc) is 2.71. The second-order valence-corrected chi connectivity index (χ2v) is 6.35. The number of benzene rings is 2. The fourth-order valence-corrected chi connectivity index (χ4v) is 3.00. The zero-order chi connectivity index (χ0) is 20.4. The van der Waals surface area contributed by atoms with E-state index in [1.807, 2.05) is 12.1 Å². The van der Waals surface area contributed by atoms with Crippen LogP contribution < -0.4 is 24.8 Å². The molecule has 28 heavy (non-hydrogen) atoms. The van der Waals surface area contributed by atoms with Gasteiger partial charge in [-0.25, -0.2) is 4.99 Å². The molecular weight excluding hydrogens is 354 g/mol. The van der Waals surface area contributed by atoms with Crippen molar-refractivity contribution in [3.63, 3.8) is 0 Å². The molecule has 0 saturated heterocycles. The van der Waals surface area contributed by atoms with Crippen LogP contribution in [0.1, 0.15) is 23.6 Å². The summed E-state index contributed by atoms with van der Waals surface area (Å²) in [4.78, 5) is 4.68. The van der Waals surface area contributed by atoms with Gasteiger partial charge in [-0.2, -0.15) is 0 Å². The van der Waals surface area contributed by atoms with Crippen LogP contribution in [0.15, 0.2) is 41.4 Å². The Balaban J connectivity index is 2.03. The van der Waals surface area contributed by atoms with Crippen molar-refractivity contribution in [2.45, 2.75) is 26.8 Å². The Hall–Kier alpha value is -2.89. The van der Waals surface area contributed by atoms with E-state index < -0.39 is 0 Å². The third-order valence-electron chi connectivity index (χ3n) is 4.32. The molecule has 0 radical (unpaired) electrons. The molecule has 152 valence electrons. The number of aryl methyl sites for hydroxylation is 1. The summed E-state index contributed by atoms with van der Waals surface area (Å²) >= 11 is 0. The molecule has 2 rings (SSSR count). The minimum atomic E-state index is 0.613. The van der Waals surface area contributed by atoms with Crippen LogP contribution in [0.25, 0.3) is 0 Å². The van der Waals surface area contributed by atoms with E-state index in [1.54, 1.807) is 21.3 Å². The SMILES string of the molecule is CCNC(=NCc1cccc(C)c1)NCCc1ccc(OC)c(OC)c1OC. The Morgan fingerprint density at radius 2 is 1.75 bits per heavy atom. The molecule has 0 aliphatic heterocycles. The van der Waals surface area contributed by atoms with Crippen molar-refractivity contribution in [2.24, 2.45) is 4.99 Å². The number of hydrogen-bond acceptors (Lipinski definition) is 4. The molecule has 0 aliphatic rings. The fraction of sp³-hybridized carbons (Fsp3) is 0.409. The monoisotopic (exact) mass is 385 g/mol. The van der Waals surface area contributed by atoms with E-state index in [-0.39, 0.29) is 0 Å². The molecule has 0 atom stereocenters. The third-order valence-corrected chi connectivity index (χ3v) is 4.32. The molecule has 6 nitrogen and oxygen atoms in total. The summed E-state index contributed by atoms with van der Waals surface area (Å²) in [6.07, 6.45) is 0.762. The molecule has 0 aromatic heterocycles. The largest absolute Gasteiger partial charge is 0.493 e. The minimum Gasteiger partial charge on any atom is -0.493 e. The normalized spacial score (nSPS) is 11.1. The first kappa shape index (κ1) is 21.4. The lowest BCUT2D eigenvalue weighted by molar-refractivity contribution is 0.322. The Morgan fingerprint density at radius 1 is 0.964 bits per heavy atom. The summed E-state index contributed by atoms with van der Waals surface area (Å²) in [6, 6.07) is 12.3. The van der Waals surface area contributed by atoms with Gasteiger partial charge >= 0.3 is 0 Å². The molecular formula is C22H31N3O3. The quantitative estimate of drug-likeness (QED) is 0.512. The summed E-state index contributed by atoms with van der Waals surface area (Å²) in [6.45, 7) is 6.30. The van der Waals surface area contributed by atoms with Crippen LogP contribution in [0.5, 0.6) is 17.2 Å². The van der Waals surface area contributed by atoms with Crippen LogP contribution >= 0.6 is 0 Å². The first-order chi connectivity index (χ1) is 13.6. The van der Waals surface area contributed by atoms with Crippen molar-refractivity contribution < 1.29 is 14.2 Å². The molecule has 0 spiro atoms. The van der Waals surface area contributed by atoms with Gasteiger partial charge in [0.05, 0.1) is 27.9 Å². The van der Waals surface area contributed by atoms with Crippen LogP contribution in [0.2, 0.25) is 0 Å². The highest BCUT2D eigenvalue weighted by Gasteiger charge is 2.15. The number of methoxy groups -OCH3 is 3. The maximum absolute atomic E-state index is 5.55. The van der Waals surface area contributed by atoms with Crippen molar-refractivity contribution in [2.75, 3.05) is 34.4 Å². The Labute approximate surface area is 167 Å². The van der Waals surface area contributed by atoms with Crippen LogP contribution in [0.4, 0.5) is 0 Å². The van der Waals surface area contributed by atoms with Gasteiger partial charge < -0.3 is 24.8 Å². The van der Waals surface area contributed by atoms with Crippen molar-refractivity contribution in [1.82, 2.24) is 10.6 Å². The molecule has 0 saturated carbocycles. The summed E-state index contributed by atoms with van der Waals surface area (Å²) in [5.41, 5.74) is 3.48. The van der Waals surface area contributed by atoms with Crippen LogP contribution in [0, 0.1) is 6.92 Å². The lowest BCUT2D eigenvalue weighted by Crippen LogP contribution is -2.38. The second kappa shape index (κ2) is 11.1. The highest BCUT2D eigenvalue weighted by Crippen LogP contribution is 2.39. The Morgan fingerprint density at radius 3 is 2.39 bits per heavy atom. The number of ether oxygens (including phenoxy) is 3. The van der Waals surface area contributed by atoms with E-state index in [0.29, 0.717) is 30.3 Å².